The molecule has 1 rings (SSSR count). The topological polar surface area (TPSA) is 165 Å². The maximum Gasteiger partial charge on any atom is 0.522 e. The van der Waals surface area contributed by atoms with Gasteiger partial charge in [0, 0.05) is 16.9 Å². The smallest absolute Gasteiger partial charge is 0.508 e. The quantitative estimate of drug-likeness (QED) is 0.259. The van der Waals surface area contributed by atoms with Crippen molar-refractivity contribution in [3.63, 3.8) is 0 Å². The molecule has 0 bridgehead atoms. The second-order valence-corrected chi connectivity index (χ2v) is 4.11. The molecule has 0 fully saturated rings. The third-order valence-electron chi connectivity index (χ3n) is 1.33. The van der Waals surface area contributed by atoms with E-state index in [1.165, 1.54) is 18.2 Å². The first-order valence-electron chi connectivity index (χ1n) is 4.12. The van der Waals surface area contributed by atoms with Crippen molar-refractivity contribution >= 4 is 15.8 Å². The fourth-order valence-corrected chi connectivity index (χ4v) is 0.607. The average molecular weight is 317 g/mol. The van der Waals surface area contributed by atoms with E-state index in [2.05, 4.69) is 0 Å². The number of hydrogen-bond acceptors (Lipinski definition) is 7. The minimum atomic E-state index is -5.84. The molecule has 2 N–H and O–H groups in total. The fourth-order valence-electron chi connectivity index (χ4n) is 0.607. The van der Waals surface area contributed by atoms with Crippen LogP contribution in [0.5, 0.6) is 5.75 Å². The summed E-state index contributed by atoms with van der Waals surface area (Å²) in [5.74, 6) is -0.0887. The fraction of sp³-hybridized carbons (Fsp3) is 0.143. The van der Waals surface area contributed by atoms with E-state index in [9.17, 15) is 23.3 Å². The number of alkyl halides is 3. The number of non-ortho nitro benzene ring substituents is 1. The van der Waals surface area contributed by atoms with Crippen LogP contribution < -0.4 is 0 Å². The van der Waals surface area contributed by atoms with Gasteiger partial charge in [-0.25, -0.2) is 0 Å². The van der Waals surface area contributed by atoms with Crippen LogP contribution >= 0.6 is 0 Å². The van der Waals surface area contributed by atoms with Crippen LogP contribution in [0.15, 0.2) is 24.3 Å². The highest BCUT2D eigenvalue weighted by atomic mass is 32.2. The molecule has 0 aliphatic carbocycles. The number of nitro benzene ring substituents is 1. The Morgan fingerprint density at radius 2 is 1.65 bits per heavy atom. The van der Waals surface area contributed by atoms with Crippen molar-refractivity contribution < 1.29 is 36.2 Å². The number of phenolic OH excluding ortho intramolecular Hbond substituents is 1. The Hall–Kier alpha value is -2.46. The number of halogens is 3. The van der Waals surface area contributed by atoms with Gasteiger partial charge in [0.2, 0.25) is 0 Å². The lowest BCUT2D eigenvalue weighted by Gasteiger charge is -1.97. The zero-order valence-electron chi connectivity index (χ0n) is 9.22. The Labute approximate surface area is 109 Å². The molecule has 0 unspecified atom stereocenters. The number of nitrogens with zero attached hydrogens (tertiary/aromatic N) is 3. The minimum absolute atomic E-state index is 0.0887. The van der Waals surface area contributed by atoms with Gasteiger partial charge in [0.25, 0.3) is 5.69 Å². The average Bonchev–Trinajstić information content (AvgIpc) is 2.29. The SMILES string of the molecule is N#N.O=S(=O)(O)C(F)(F)F.O=[N+]([O-])c1cccc(O)c1. The summed E-state index contributed by atoms with van der Waals surface area (Å²) in [4.78, 5) is 9.49. The summed E-state index contributed by atoms with van der Waals surface area (Å²) in [6.07, 6.45) is 0. The second-order valence-electron chi connectivity index (χ2n) is 2.70. The first-order valence-corrected chi connectivity index (χ1v) is 5.56. The summed E-state index contributed by atoms with van der Waals surface area (Å²) in [6, 6.07) is 5.22. The molecule has 0 aromatic heterocycles. The van der Waals surface area contributed by atoms with Gasteiger partial charge in [0.1, 0.15) is 5.75 Å². The number of nitro groups is 1. The van der Waals surface area contributed by atoms with Crippen LogP contribution in [-0.4, -0.2) is 28.5 Å². The molecule has 1 aromatic carbocycles. The molecule has 0 spiro atoms. The van der Waals surface area contributed by atoms with Crippen molar-refractivity contribution in [1.29, 1.82) is 10.8 Å². The predicted octanol–water partition coefficient (Wildman–Crippen LogP) is 1.72. The van der Waals surface area contributed by atoms with E-state index in [4.69, 9.17) is 28.9 Å². The molecule has 0 amide bonds. The van der Waals surface area contributed by atoms with Crippen molar-refractivity contribution in [3.05, 3.63) is 34.4 Å². The monoisotopic (exact) mass is 317 g/mol. The summed E-state index contributed by atoms with van der Waals surface area (Å²) in [6.45, 7) is 0. The van der Waals surface area contributed by atoms with Gasteiger partial charge in [0.05, 0.1) is 11.0 Å². The van der Waals surface area contributed by atoms with E-state index in [1.807, 2.05) is 0 Å². The normalized spacial score (nSPS) is 10.3. The summed E-state index contributed by atoms with van der Waals surface area (Å²) in [5.41, 5.74) is -5.63. The van der Waals surface area contributed by atoms with E-state index >= 15 is 0 Å². The number of aromatic hydroxyl groups is 1. The number of benzene rings is 1. The predicted molar refractivity (Wildman–Crippen MR) is 55.8 cm³/mol. The first-order chi connectivity index (χ1) is 8.95. The van der Waals surface area contributed by atoms with Crippen molar-refractivity contribution in [2.24, 2.45) is 0 Å². The standard InChI is InChI=1S/C6H5NO3.CHF3O3S.N2/c8-6-3-1-2-5(4-6)7(9)10;2-1(3,4)8(5,6)7;1-2/h1-4,8H;(H,5,6,7);. The molecular weight excluding hydrogens is 311 g/mol. The minimum Gasteiger partial charge on any atom is -0.508 e. The van der Waals surface area contributed by atoms with Crippen molar-refractivity contribution in [2.45, 2.75) is 5.51 Å². The summed E-state index contributed by atoms with van der Waals surface area (Å²) in [7, 11) is -5.84. The van der Waals surface area contributed by atoms with Crippen molar-refractivity contribution in [2.75, 3.05) is 0 Å². The molecular formula is C7H6F3N3O6S. The van der Waals surface area contributed by atoms with Crippen LogP contribution in [0.1, 0.15) is 0 Å². The van der Waals surface area contributed by atoms with Gasteiger partial charge in [-0.2, -0.15) is 21.6 Å². The highest BCUT2D eigenvalue weighted by Gasteiger charge is 2.44. The third kappa shape index (κ3) is 7.79. The zero-order valence-corrected chi connectivity index (χ0v) is 10.0. The molecule has 20 heavy (non-hydrogen) atoms. The van der Waals surface area contributed by atoms with E-state index in [0.29, 0.717) is 0 Å². The van der Waals surface area contributed by atoms with Gasteiger partial charge in [-0.05, 0) is 6.07 Å². The zero-order chi connectivity index (χ0) is 16.6. The van der Waals surface area contributed by atoms with E-state index < -0.39 is 20.5 Å². The van der Waals surface area contributed by atoms with Gasteiger partial charge < -0.3 is 5.11 Å². The van der Waals surface area contributed by atoms with Crippen LogP contribution in [0, 0.1) is 20.9 Å². The van der Waals surface area contributed by atoms with Crippen LogP contribution in [0.25, 0.3) is 0 Å². The molecule has 0 aliphatic heterocycles. The van der Waals surface area contributed by atoms with E-state index in [1.54, 1.807) is 0 Å². The number of hydrogen-bond donors (Lipinski definition) is 2. The molecule has 0 saturated carbocycles. The van der Waals surface area contributed by atoms with Crippen LogP contribution in [0.3, 0.4) is 0 Å². The lowest BCUT2D eigenvalue weighted by molar-refractivity contribution is -0.384. The molecule has 1 aromatic rings. The Morgan fingerprint density at radius 1 is 1.25 bits per heavy atom. The van der Waals surface area contributed by atoms with Crippen LogP contribution in [0.2, 0.25) is 0 Å². The van der Waals surface area contributed by atoms with Gasteiger partial charge in [-0.15, -0.1) is 0 Å². The number of phenols is 1. The lowest BCUT2D eigenvalue weighted by atomic mass is 10.3. The molecule has 0 saturated heterocycles. The Balaban J connectivity index is 0. The Kier molecular flexibility index (Phi) is 7.81. The van der Waals surface area contributed by atoms with E-state index in [-0.39, 0.29) is 11.4 Å². The first kappa shape index (κ1) is 19.9. The van der Waals surface area contributed by atoms with E-state index in [0.717, 1.165) is 6.07 Å². The highest BCUT2D eigenvalue weighted by Crippen LogP contribution is 2.20. The Morgan fingerprint density at radius 3 is 1.85 bits per heavy atom. The molecule has 0 atom stereocenters. The second kappa shape index (κ2) is 7.86. The Bertz CT molecular complexity index is 571. The summed E-state index contributed by atoms with van der Waals surface area (Å²) >= 11 is 0. The van der Waals surface area contributed by atoms with Gasteiger partial charge in [-0.1, -0.05) is 6.07 Å². The highest BCUT2D eigenvalue weighted by molar-refractivity contribution is 7.86. The molecule has 0 radical (unpaired) electrons. The lowest BCUT2D eigenvalue weighted by Crippen LogP contribution is -2.21. The third-order valence-corrected chi connectivity index (χ3v) is 1.92. The molecule has 9 nitrogen and oxygen atoms in total. The van der Waals surface area contributed by atoms with Crippen molar-refractivity contribution in [3.8, 4) is 5.75 Å². The molecule has 0 aliphatic rings. The molecule has 0 heterocycles. The van der Waals surface area contributed by atoms with Crippen molar-refractivity contribution in [1.82, 2.24) is 0 Å². The number of rotatable bonds is 1. The maximum absolute atomic E-state index is 10.7. The van der Waals surface area contributed by atoms with Gasteiger partial charge in [0.15, 0.2) is 0 Å². The van der Waals surface area contributed by atoms with Gasteiger partial charge >= 0.3 is 15.6 Å². The molecule has 13 heteroatoms. The van der Waals surface area contributed by atoms with Gasteiger partial charge in [-0.3, -0.25) is 14.7 Å². The largest absolute Gasteiger partial charge is 0.522 e. The van der Waals surface area contributed by atoms with Crippen LogP contribution in [-0.2, 0) is 10.1 Å². The summed E-state index contributed by atoms with van der Waals surface area (Å²) in [5, 5.41) is 30.8. The summed E-state index contributed by atoms with van der Waals surface area (Å²) < 4.78 is 57.5. The molecule has 112 valence electrons. The van der Waals surface area contributed by atoms with Crippen LogP contribution in [0.4, 0.5) is 18.9 Å². The maximum atomic E-state index is 10.7.